The highest BCUT2D eigenvalue weighted by Gasteiger charge is 2.56. The summed E-state index contributed by atoms with van der Waals surface area (Å²) < 4.78 is 5.76. The molecule has 3 aliphatic carbocycles. The highest BCUT2D eigenvalue weighted by atomic mass is 79.9. The largest absolute Gasteiger partial charge is 0.504 e. The maximum atomic E-state index is 14.0. The maximum absolute atomic E-state index is 14.0. The van der Waals surface area contributed by atoms with Gasteiger partial charge in [0.1, 0.15) is 0 Å². The average molecular weight is 616 g/mol. The van der Waals surface area contributed by atoms with Gasteiger partial charge in [-0.1, -0.05) is 17.7 Å². The Morgan fingerprint density at radius 2 is 1.78 bits per heavy atom. The molecule has 1 aliphatic heterocycles. The van der Waals surface area contributed by atoms with Gasteiger partial charge in [-0.3, -0.25) is 28.9 Å². The van der Waals surface area contributed by atoms with E-state index >= 15 is 0 Å². The molecule has 4 atom stereocenters. The predicted molar refractivity (Wildman–Crippen MR) is 153 cm³/mol. The fourth-order valence-corrected chi connectivity index (χ4v) is 7.11. The summed E-state index contributed by atoms with van der Waals surface area (Å²) in [7, 11) is 0. The molecule has 0 saturated carbocycles. The minimum atomic E-state index is -0.720. The second-order valence-corrected chi connectivity index (χ2v) is 11.5. The standard InChI is InChI=1S/C32H26BrNO7/c1-3-41-26-12-17(6-11-24(26)36)27-19-9-10-20-28(21(19)13-22-29(27)25(37)14-23(33)30(22)38)32(40)34(31(20)39)18-7-4-16(5-8-18)15(2)35/h4-9,11-12,14,20-21,27-28,36H,3,10,13H2,1-2H3. The molecule has 9 heteroatoms. The van der Waals surface area contributed by atoms with Crippen LogP contribution in [0.1, 0.15) is 48.5 Å². The number of aromatic hydroxyl groups is 1. The molecule has 1 saturated heterocycles. The van der Waals surface area contributed by atoms with Crippen LogP contribution in [-0.4, -0.2) is 40.9 Å². The first-order chi connectivity index (χ1) is 19.6. The number of phenolic OH excluding ortho intramolecular Hbond substituents is 1. The monoisotopic (exact) mass is 615 g/mol. The minimum absolute atomic E-state index is 0.0495. The number of rotatable bonds is 5. The lowest BCUT2D eigenvalue weighted by Crippen LogP contribution is -2.39. The van der Waals surface area contributed by atoms with E-state index in [-0.39, 0.29) is 51.6 Å². The second-order valence-electron chi connectivity index (χ2n) is 10.7. The fourth-order valence-electron chi connectivity index (χ4n) is 6.67. The van der Waals surface area contributed by atoms with Crippen LogP contribution in [0.15, 0.2) is 75.8 Å². The first-order valence-electron chi connectivity index (χ1n) is 13.5. The van der Waals surface area contributed by atoms with E-state index in [0.717, 1.165) is 5.57 Å². The molecule has 4 unspecified atom stereocenters. The lowest BCUT2D eigenvalue weighted by molar-refractivity contribution is -0.123. The van der Waals surface area contributed by atoms with E-state index in [1.165, 1.54) is 24.0 Å². The van der Waals surface area contributed by atoms with Crippen molar-refractivity contribution in [3.8, 4) is 11.5 Å². The normalized spacial score (nSPS) is 25.4. The molecule has 41 heavy (non-hydrogen) atoms. The molecule has 1 fully saturated rings. The van der Waals surface area contributed by atoms with E-state index < -0.39 is 23.7 Å². The summed E-state index contributed by atoms with van der Waals surface area (Å²) in [6, 6.07) is 11.2. The van der Waals surface area contributed by atoms with Crippen LogP contribution >= 0.6 is 15.9 Å². The Morgan fingerprint density at radius 3 is 2.46 bits per heavy atom. The number of ether oxygens (including phenoxy) is 1. The number of phenols is 1. The van der Waals surface area contributed by atoms with E-state index in [1.54, 1.807) is 43.3 Å². The minimum Gasteiger partial charge on any atom is -0.504 e. The van der Waals surface area contributed by atoms with Crippen LogP contribution in [0.5, 0.6) is 11.5 Å². The summed E-state index contributed by atoms with van der Waals surface area (Å²) in [5.41, 5.74) is 2.99. The quantitative estimate of drug-likeness (QED) is 0.218. The summed E-state index contributed by atoms with van der Waals surface area (Å²) in [5.74, 6) is -3.69. The van der Waals surface area contributed by atoms with E-state index in [1.807, 2.05) is 6.08 Å². The molecule has 208 valence electrons. The molecule has 0 radical (unpaired) electrons. The molecular formula is C32H26BrNO7. The predicted octanol–water partition coefficient (Wildman–Crippen LogP) is 4.96. The lowest BCUT2D eigenvalue weighted by Gasteiger charge is -2.42. The van der Waals surface area contributed by atoms with Crippen molar-refractivity contribution in [1.29, 1.82) is 0 Å². The van der Waals surface area contributed by atoms with Crippen molar-refractivity contribution in [2.75, 3.05) is 11.5 Å². The van der Waals surface area contributed by atoms with Crippen LogP contribution in [0.25, 0.3) is 0 Å². The van der Waals surface area contributed by atoms with Crippen molar-refractivity contribution in [2.24, 2.45) is 17.8 Å². The zero-order chi connectivity index (χ0) is 29.2. The summed E-state index contributed by atoms with van der Waals surface area (Å²) in [6.45, 7) is 3.56. The molecule has 2 amide bonds. The molecule has 6 rings (SSSR count). The van der Waals surface area contributed by atoms with Crippen LogP contribution in [0.4, 0.5) is 5.69 Å². The first-order valence-corrected chi connectivity index (χ1v) is 14.2. The number of imide groups is 1. The van der Waals surface area contributed by atoms with E-state index in [2.05, 4.69) is 15.9 Å². The van der Waals surface area contributed by atoms with Crippen molar-refractivity contribution in [2.45, 2.75) is 32.6 Å². The topological polar surface area (TPSA) is 118 Å². The Bertz CT molecular complexity index is 1650. The molecule has 2 aromatic rings. The van der Waals surface area contributed by atoms with Crippen molar-refractivity contribution in [1.82, 2.24) is 0 Å². The maximum Gasteiger partial charge on any atom is 0.238 e. The second kappa shape index (κ2) is 10.1. The molecule has 2 aromatic carbocycles. The van der Waals surface area contributed by atoms with Crippen molar-refractivity contribution in [3.63, 3.8) is 0 Å². The van der Waals surface area contributed by atoms with Gasteiger partial charge in [0.15, 0.2) is 28.8 Å². The molecule has 0 aromatic heterocycles. The Balaban J connectivity index is 1.46. The highest BCUT2D eigenvalue weighted by molar-refractivity contribution is 9.12. The number of carbonyl (C=O) groups excluding carboxylic acids is 5. The molecule has 1 N–H and O–H groups in total. The van der Waals surface area contributed by atoms with Crippen molar-refractivity contribution >= 4 is 50.8 Å². The van der Waals surface area contributed by atoms with Crippen LogP contribution in [0.3, 0.4) is 0 Å². The zero-order valence-electron chi connectivity index (χ0n) is 22.3. The third kappa shape index (κ3) is 4.22. The van der Waals surface area contributed by atoms with E-state index in [9.17, 15) is 29.1 Å². The molecule has 0 bridgehead atoms. The number of benzene rings is 2. The summed E-state index contributed by atoms with van der Waals surface area (Å²) in [6.07, 6.45) is 3.67. The SMILES string of the molecule is CCOc1cc(C2C3=CCC4C(=O)N(c5ccc(C(C)=O)cc5)C(=O)C4C3CC3=C2C(=O)C=C(Br)C3=O)ccc1O. The van der Waals surface area contributed by atoms with E-state index in [0.29, 0.717) is 41.0 Å². The van der Waals surface area contributed by atoms with Crippen LogP contribution in [0, 0.1) is 17.8 Å². The molecule has 8 nitrogen and oxygen atoms in total. The Labute approximate surface area is 244 Å². The number of nitrogens with zero attached hydrogens (tertiary/aromatic N) is 1. The van der Waals surface area contributed by atoms with Gasteiger partial charge in [-0.15, -0.1) is 0 Å². The molecule has 0 spiro atoms. The highest BCUT2D eigenvalue weighted by Crippen LogP contribution is 2.56. The first kappa shape index (κ1) is 27.1. The summed E-state index contributed by atoms with van der Waals surface area (Å²) in [4.78, 5) is 67.3. The fraction of sp³-hybridized carbons (Fsp3) is 0.281. The number of hydrogen-bond donors (Lipinski definition) is 1. The Kier molecular flexibility index (Phi) is 6.65. The molecule has 4 aliphatic rings. The third-order valence-electron chi connectivity index (χ3n) is 8.48. The number of anilines is 1. The third-order valence-corrected chi connectivity index (χ3v) is 9.07. The molecule has 1 heterocycles. The van der Waals surface area contributed by atoms with Gasteiger partial charge < -0.3 is 9.84 Å². The van der Waals surface area contributed by atoms with E-state index in [4.69, 9.17) is 4.74 Å². The number of amides is 2. The van der Waals surface area contributed by atoms with Crippen LogP contribution in [-0.2, 0) is 19.2 Å². The van der Waals surface area contributed by atoms with Crippen molar-refractivity contribution in [3.05, 3.63) is 86.9 Å². The van der Waals surface area contributed by atoms with Gasteiger partial charge in [0.2, 0.25) is 11.8 Å². The summed E-state index contributed by atoms with van der Waals surface area (Å²) in [5, 5.41) is 10.3. The number of carbonyl (C=O) groups is 5. The van der Waals surface area contributed by atoms with Gasteiger partial charge in [0.05, 0.1) is 28.6 Å². The number of halogens is 1. The molecular weight excluding hydrogens is 590 g/mol. The Hall–Kier alpha value is -4.11. The Morgan fingerprint density at radius 1 is 1.05 bits per heavy atom. The number of Topliss-reactive ketones (excluding diaryl/α,β-unsaturated/α-hetero) is 2. The van der Waals surface area contributed by atoms with Gasteiger partial charge in [-0.2, -0.15) is 0 Å². The van der Waals surface area contributed by atoms with Crippen LogP contribution in [0.2, 0.25) is 0 Å². The van der Waals surface area contributed by atoms with Crippen molar-refractivity contribution < 1.29 is 33.8 Å². The average Bonchev–Trinajstić information content (AvgIpc) is 3.21. The zero-order valence-corrected chi connectivity index (χ0v) is 23.9. The van der Waals surface area contributed by atoms with Gasteiger partial charge in [0, 0.05) is 28.7 Å². The van der Waals surface area contributed by atoms with Gasteiger partial charge in [-0.25, -0.2) is 0 Å². The summed E-state index contributed by atoms with van der Waals surface area (Å²) >= 11 is 3.23. The van der Waals surface area contributed by atoms with Crippen LogP contribution < -0.4 is 9.64 Å². The van der Waals surface area contributed by atoms with Gasteiger partial charge in [0.25, 0.3) is 0 Å². The number of fused-ring (bicyclic) bond motifs is 3. The number of hydrogen-bond acceptors (Lipinski definition) is 7. The van der Waals surface area contributed by atoms with Gasteiger partial charge >= 0.3 is 0 Å². The smallest absolute Gasteiger partial charge is 0.238 e. The van der Waals surface area contributed by atoms with Gasteiger partial charge in [-0.05, 0) is 90.5 Å². The number of ketones is 3. The lowest BCUT2D eigenvalue weighted by atomic mass is 9.59. The number of allylic oxidation sites excluding steroid dienone is 6.